The van der Waals surface area contributed by atoms with Gasteiger partial charge in [-0.3, -0.25) is 4.79 Å². The zero-order valence-corrected chi connectivity index (χ0v) is 11.1. The summed E-state index contributed by atoms with van der Waals surface area (Å²) in [6, 6.07) is 11.4. The van der Waals surface area contributed by atoms with E-state index in [0.717, 1.165) is 11.3 Å². The summed E-state index contributed by atoms with van der Waals surface area (Å²) in [6.07, 6.45) is -0.0546. The zero-order chi connectivity index (χ0) is 14.0. The average molecular weight is 258 g/mol. The van der Waals surface area contributed by atoms with Crippen LogP contribution in [-0.4, -0.2) is 15.6 Å². The Labute approximate surface area is 112 Å². The number of hydrogen-bond donors (Lipinski definition) is 2. The van der Waals surface area contributed by atoms with E-state index < -0.39 is 12.0 Å². The Hall–Kier alpha value is -2.07. The van der Waals surface area contributed by atoms with E-state index in [-0.39, 0.29) is 6.42 Å². The van der Waals surface area contributed by atoms with Gasteiger partial charge in [-0.15, -0.1) is 0 Å². The van der Waals surface area contributed by atoms with Gasteiger partial charge in [0.1, 0.15) is 0 Å². The molecule has 0 saturated heterocycles. The van der Waals surface area contributed by atoms with Crippen LogP contribution in [0.2, 0.25) is 0 Å². The fraction of sp³-hybridized carbons (Fsp3) is 0.267. The number of aryl methyl sites for hydroxylation is 2. The Balaban J connectivity index is 2.26. The molecule has 0 fully saturated rings. The van der Waals surface area contributed by atoms with Gasteiger partial charge in [-0.2, -0.15) is 0 Å². The van der Waals surface area contributed by atoms with Crippen LogP contribution in [0.5, 0.6) is 0 Å². The summed E-state index contributed by atoms with van der Waals surface area (Å²) in [7, 11) is 0. The molecule has 0 radical (unpaired) electrons. The van der Waals surface area contributed by atoms with Gasteiger partial charge in [0, 0.05) is 23.1 Å². The van der Waals surface area contributed by atoms with Gasteiger partial charge in [-0.05, 0) is 43.7 Å². The predicted octanol–water partition coefficient (Wildman–Crippen LogP) is 2.57. The first-order valence-electron chi connectivity index (χ1n) is 6.21. The summed E-state index contributed by atoms with van der Waals surface area (Å²) in [6.45, 7) is 4.11. The van der Waals surface area contributed by atoms with Crippen molar-refractivity contribution in [1.29, 1.82) is 0 Å². The van der Waals surface area contributed by atoms with E-state index in [1.165, 1.54) is 11.4 Å². The van der Waals surface area contributed by atoms with Crippen LogP contribution in [0.4, 0.5) is 0 Å². The summed E-state index contributed by atoms with van der Waals surface area (Å²) >= 11 is 0. The second-order valence-corrected chi connectivity index (χ2v) is 4.75. The normalized spacial score (nSPS) is 12.4. The van der Waals surface area contributed by atoms with Crippen molar-refractivity contribution in [3.05, 3.63) is 53.3 Å². The van der Waals surface area contributed by atoms with Crippen molar-refractivity contribution in [1.82, 2.24) is 4.57 Å². The van der Waals surface area contributed by atoms with E-state index in [1.54, 1.807) is 0 Å². The zero-order valence-electron chi connectivity index (χ0n) is 11.1. The highest BCUT2D eigenvalue weighted by Gasteiger charge is 2.11. The molecule has 1 atom stereocenters. The summed E-state index contributed by atoms with van der Waals surface area (Å²) in [5, 5.41) is 8.74. The first-order valence-corrected chi connectivity index (χ1v) is 6.21. The van der Waals surface area contributed by atoms with Crippen molar-refractivity contribution in [2.75, 3.05) is 0 Å². The maximum absolute atomic E-state index is 10.6. The number of benzene rings is 1. The fourth-order valence-electron chi connectivity index (χ4n) is 2.25. The molecule has 0 amide bonds. The molecule has 1 aromatic carbocycles. The molecule has 100 valence electrons. The molecule has 4 heteroatoms. The Morgan fingerprint density at radius 1 is 1.16 bits per heavy atom. The third-order valence-electron chi connectivity index (χ3n) is 3.25. The highest BCUT2D eigenvalue weighted by Crippen LogP contribution is 2.20. The summed E-state index contributed by atoms with van der Waals surface area (Å²) in [5.74, 6) is -0.881. The lowest BCUT2D eigenvalue weighted by atomic mass is 10.0. The van der Waals surface area contributed by atoms with E-state index in [0.29, 0.717) is 0 Å². The van der Waals surface area contributed by atoms with Crippen LogP contribution in [0.15, 0.2) is 36.4 Å². The van der Waals surface area contributed by atoms with Gasteiger partial charge in [0.2, 0.25) is 0 Å². The second-order valence-electron chi connectivity index (χ2n) is 4.75. The molecule has 19 heavy (non-hydrogen) atoms. The molecule has 0 aliphatic carbocycles. The van der Waals surface area contributed by atoms with Crippen molar-refractivity contribution in [3.63, 3.8) is 0 Å². The number of aliphatic carboxylic acids is 1. The lowest BCUT2D eigenvalue weighted by Crippen LogP contribution is -2.15. The molecule has 2 aromatic rings. The quantitative estimate of drug-likeness (QED) is 0.885. The molecule has 2 rings (SSSR count). The number of nitrogens with zero attached hydrogens (tertiary/aromatic N) is 1. The molecule has 0 aliphatic rings. The maximum Gasteiger partial charge on any atom is 0.305 e. The molecular weight excluding hydrogens is 240 g/mol. The molecule has 1 unspecified atom stereocenters. The van der Waals surface area contributed by atoms with Gasteiger partial charge in [0.05, 0.1) is 6.42 Å². The average Bonchev–Trinajstić information content (AvgIpc) is 2.68. The Morgan fingerprint density at radius 3 is 2.16 bits per heavy atom. The van der Waals surface area contributed by atoms with E-state index in [2.05, 4.69) is 30.5 Å². The lowest BCUT2D eigenvalue weighted by molar-refractivity contribution is -0.137. The standard InChI is InChI=1S/C15H18N2O2/c1-10-3-4-11(2)17(10)13-7-5-12(6-8-13)14(16)9-15(18)19/h3-8,14H,9,16H2,1-2H3,(H,18,19). The first-order chi connectivity index (χ1) is 8.99. The highest BCUT2D eigenvalue weighted by atomic mass is 16.4. The Bertz CT molecular complexity index is 565. The molecule has 0 bridgehead atoms. The minimum atomic E-state index is -0.881. The van der Waals surface area contributed by atoms with Crippen LogP contribution in [-0.2, 0) is 4.79 Å². The lowest BCUT2D eigenvalue weighted by Gasteiger charge is -2.13. The van der Waals surface area contributed by atoms with Crippen LogP contribution >= 0.6 is 0 Å². The number of rotatable bonds is 4. The van der Waals surface area contributed by atoms with Crippen LogP contribution in [0.3, 0.4) is 0 Å². The van der Waals surface area contributed by atoms with Crippen LogP contribution < -0.4 is 5.73 Å². The predicted molar refractivity (Wildman–Crippen MR) is 74.4 cm³/mol. The topological polar surface area (TPSA) is 68.2 Å². The molecule has 3 N–H and O–H groups in total. The minimum Gasteiger partial charge on any atom is -0.481 e. The number of carboxylic acid groups (broad SMARTS) is 1. The monoisotopic (exact) mass is 258 g/mol. The number of aromatic nitrogens is 1. The largest absolute Gasteiger partial charge is 0.481 e. The first kappa shape index (κ1) is 13.4. The van der Waals surface area contributed by atoms with E-state index in [1.807, 2.05) is 24.3 Å². The SMILES string of the molecule is Cc1ccc(C)n1-c1ccc(C(N)CC(=O)O)cc1. The van der Waals surface area contributed by atoms with E-state index in [4.69, 9.17) is 10.8 Å². The van der Waals surface area contributed by atoms with Gasteiger partial charge in [0.25, 0.3) is 0 Å². The van der Waals surface area contributed by atoms with E-state index >= 15 is 0 Å². The van der Waals surface area contributed by atoms with Gasteiger partial charge in [0.15, 0.2) is 0 Å². The fourth-order valence-corrected chi connectivity index (χ4v) is 2.25. The van der Waals surface area contributed by atoms with Crippen molar-refractivity contribution >= 4 is 5.97 Å². The molecule has 0 aliphatic heterocycles. The van der Waals surface area contributed by atoms with Crippen molar-refractivity contribution < 1.29 is 9.90 Å². The molecule has 1 heterocycles. The van der Waals surface area contributed by atoms with Crippen LogP contribution in [0.1, 0.15) is 29.4 Å². The molecule has 0 spiro atoms. The number of carbonyl (C=O) groups is 1. The molecule has 0 saturated carbocycles. The van der Waals surface area contributed by atoms with Crippen molar-refractivity contribution in [2.24, 2.45) is 5.73 Å². The smallest absolute Gasteiger partial charge is 0.305 e. The number of hydrogen-bond acceptors (Lipinski definition) is 2. The van der Waals surface area contributed by atoms with Crippen molar-refractivity contribution in [3.8, 4) is 5.69 Å². The molecule has 4 nitrogen and oxygen atoms in total. The minimum absolute atomic E-state index is 0.0546. The summed E-state index contributed by atoms with van der Waals surface area (Å²) in [5.41, 5.74) is 10.1. The third-order valence-corrected chi connectivity index (χ3v) is 3.25. The summed E-state index contributed by atoms with van der Waals surface area (Å²) in [4.78, 5) is 10.6. The van der Waals surface area contributed by atoms with Crippen LogP contribution in [0.25, 0.3) is 5.69 Å². The molecule has 1 aromatic heterocycles. The van der Waals surface area contributed by atoms with Gasteiger partial charge in [-0.25, -0.2) is 0 Å². The van der Waals surface area contributed by atoms with Gasteiger partial charge in [-0.1, -0.05) is 12.1 Å². The number of nitrogens with two attached hydrogens (primary N) is 1. The third kappa shape index (κ3) is 2.85. The van der Waals surface area contributed by atoms with Crippen molar-refractivity contribution in [2.45, 2.75) is 26.3 Å². The Kier molecular flexibility index (Phi) is 3.71. The van der Waals surface area contributed by atoms with Gasteiger partial charge < -0.3 is 15.4 Å². The Morgan fingerprint density at radius 2 is 1.68 bits per heavy atom. The number of carboxylic acids is 1. The van der Waals surface area contributed by atoms with Crippen LogP contribution in [0, 0.1) is 13.8 Å². The maximum atomic E-state index is 10.6. The highest BCUT2D eigenvalue weighted by molar-refractivity contribution is 5.67. The summed E-state index contributed by atoms with van der Waals surface area (Å²) < 4.78 is 2.15. The van der Waals surface area contributed by atoms with Gasteiger partial charge >= 0.3 is 5.97 Å². The second kappa shape index (κ2) is 5.28. The van der Waals surface area contributed by atoms with E-state index in [9.17, 15) is 4.79 Å². The molecular formula is C15H18N2O2.